The molecule has 1 aromatic rings. The molecule has 2 heteroatoms. The number of hydrogen-bond acceptors (Lipinski definition) is 2. The first-order chi connectivity index (χ1) is 9.26. The average Bonchev–Trinajstić information content (AvgIpc) is 2.48. The summed E-state index contributed by atoms with van der Waals surface area (Å²) in [4.78, 5) is 2.54. The molecule has 0 aromatic heterocycles. The van der Waals surface area contributed by atoms with Gasteiger partial charge >= 0.3 is 0 Å². The molecule has 2 atom stereocenters. The number of ether oxygens (including phenoxy) is 1. The van der Waals surface area contributed by atoms with E-state index in [0.29, 0.717) is 12.0 Å². The summed E-state index contributed by atoms with van der Waals surface area (Å²) in [6, 6.07) is 9.01. The second kappa shape index (κ2) is 6.63. The third-order valence-electron chi connectivity index (χ3n) is 4.07. The van der Waals surface area contributed by atoms with E-state index in [1.54, 1.807) is 7.11 Å². The molecule has 0 radical (unpaired) electrons. The van der Waals surface area contributed by atoms with Crippen molar-refractivity contribution in [3.05, 3.63) is 29.8 Å². The molecule has 1 fully saturated rings. The minimum Gasteiger partial charge on any atom is -0.497 e. The van der Waals surface area contributed by atoms with Gasteiger partial charge < -0.3 is 4.74 Å². The molecule has 0 spiro atoms. The van der Waals surface area contributed by atoms with Gasteiger partial charge in [-0.2, -0.15) is 0 Å². The van der Waals surface area contributed by atoms with E-state index in [1.165, 1.54) is 24.8 Å². The Hall–Kier alpha value is -1.46. The summed E-state index contributed by atoms with van der Waals surface area (Å²) < 4.78 is 5.20. The summed E-state index contributed by atoms with van der Waals surface area (Å²) in [6.07, 6.45) is 9.19. The highest BCUT2D eigenvalue weighted by Gasteiger charge is 2.25. The van der Waals surface area contributed by atoms with E-state index in [9.17, 15) is 0 Å². The molecule has 1 aliphatic heterocycles. The van der Waals surface area contributed by atoms with E-state index in [4.69, 9.17) is 11.2 Å². The van der Waals surface area contributed by atoms with Crippen LogP contribution in [-0.4, -0.2) is 24.6 Å². The molecule has 1 aliphatic rings. The topological polar surface area (TPSA) is 12.5 Å². The first kappa shape index (κ1) is 14.0. The van der Waals surface area contributed by atoms with Crippen molar-refractivity contribution in [2.45, 2.75) is 38.8 Å². The molecule has 1 heterocycles. The van der Waals surface area contributed by atoms with Gasteiger partial charge in [-0.05, 0) is 37.0 Å². The van der Waals surface area contributed by atoms with Crippen LogP contribution in [0.4, 0.5) is 0 Å². The minimum atomic E-state index is 0.418. The lowest BCUT2D eigenvalue weighted by molar-refractivity contribution is 0.115. The molecule has 0 aliphatic carbocycles. The van der Waals surface area contributed by atoms with Crippen molar-refractivity contribution in [1.82, 2.24) is 4.90 Å². The molecule has 1 saturated heterocycles. The molecular formula is C17H23NO. The van der Waals surface area contributed by atoms with Crippen LogP contribution in [0.1, 0.15) is 31.7 Å². The van der Waals surface area contributed by atoms with Crippen LogP contribution in [-0.2, 0) is 6.54 Å². The number of terminal acetylenes is 1. The summed E-state index contributed by atoms with van der Waals surface area (Å²) in [5.74, 6) is 4.25. The smallest absolute Gasteiger partial charge is 0.118 e. The second-order valence-electron chi connectivity index (χ2n) is 5.28. The van der Waals surface area contributed by atoms with E-state index in [1.807, 2.05) is 12.1 Å². The van der Waals surface area contributed by atoms with Crippen LogP contribution in [0.3, 0.4) is 0 Å². The fourth-order valence-corrected chi connectivity index (χ4v) is 2.86. The Balaban J connectivity index is 2.03. The SMILES string of the molecule is C#C[C@@H]1CC[C@@H](CC)N(Cc2ccc(OC)cc2)C1. The molecule has 0 N–H and O–H groups in total. The van der Waals surface area contributed by atoms with Gasteiger partial charge in [0.2, 0.25) is 0 Å². The fraction of sp³-hybridized carbons (Fsp3) is 0.529. The van der Waals surface area contributed by atoms with Gasteiger partial charge in [-0.3, -0.25) is 4.90 Å². The number of nitrogens with zero attached hydrogens (tertiary/aromatic N) is 1. The Morgan fingerprint density at radius 3 is 2.63 bits per heavy atom. The zero-order valence-electron chi connectivity index (χ0n) is 11.9. The fourth-order valence-electron chi connectivity index (χ4n) is 2.86. The number of rotatable bonds is 4. The molecule has 102 valence electrons. The summed E-state index contributed by atoms with van der Waals surface area (Å²) >= 11 is 0. The zero-order valence-corrected chi connectivity index (χ0v) is 11.9. The van der Waals surface area contributed by atoms with Gasteiger partial charge in [0.05, 0.1) is 7.11 Å². The lowest BCUT2D eigenvalue weighted by atomic mass is 9.91. The van der Waals surface area contributed by atoms with Crippen LogP contribution in [0.2, 0.25) is 0 Å². The van der Waals surface area contributed by atoms with Gasteiger partial charge in [-0.15, -0.1) is 12.3 Å². The highest BCUT2D eigenvalue weighted by molar-refractivity contribution is 5.27. The summed E-state index contributed by atoms with van der Waals surface area (Å²) in [7, 11) is 1.70. The van der Waals surface area contributed by atoms with E-state index in [-0.39, 0.29) is 0 Å². The number of benzene rings is 1. The van der Waals surface area contributed by atoms with Gasteiger partial charge in [0.15, 0.2) is 0 Å². The quantitative estimate of drug-likeness (QED) is 0.767. The van der Waals surface area contributed by atoms with Crippen LogP contribution in [0.5, 0.6) is 5.75 Å². The molecule has 2 rings (SSSR count). The third kappa shape index (κ3) is 3.52. The average molecular weight is 257 g/mol. The van der Waals surface area contributed by atoms with Crippen molar-refractivity contribution < 1.29 is 4.74 Å². The Labute approximate surface area is 116 Å². The number of hydrogen-bond donors (Lipinski definition) is 0. The van der Waals surface area contributed by atoms with Crippen molar-refractivity contribution in [3.63, 3.8) is 0 Å². The van der Waals surface area contributed by atoms with Crippen molar-refractivity contribution in [2.24, 2.45) is 5.92 Å². The van der Waals surface area contributed by atoms with E-state index < -0.39 is 0 Å². The van der Waals surface area contributed by atoms with Gasteiger partial charge in [0.25, 0.3) is 0 Å². The van der Waals surface area contributed by atoms with Crippen LogP contribution in [0.15, 0.2) is 24.3 Å². The normalized spacial score (nSPS) is 23.8. The maximum absolute atomic E-state index is 5.59. The van der Waals surface area contributed by atoms with Gasteiger partial charge in [0.1, 0.15) is 5.75 Å². The predicted octanol–water partition coefficient (Wildman–Crippen LogP) is 3.32. The zero-order chi connectivity index (χ0) is 13.7. The molecule has 0 amide bonds. The van der Waals surface area contributed by atoms with E-state index >= 15 is 0 Å². The molecule has 19 heavy (non-hydrogen) atoms. The Morgan fingerprint density at radius 1 is 1.32 bits per heavy atom. The van der Waals surface area contributed by atoms with E-state index in [2.05, 4.69) is 29.9 Å². The van der Waals surface area contributed by atoms with Crippen LogP contribution >= 0.6 is 0 Å². The number of likely N-dealkylation sites (tertiary alicyclic amines) is 1. The highest BCUT2D eigenvalue weighted by atomic mass is 16.5. The summed E-state index contributed by atoms with van der Waals surface area (Å²) in [6.45, 7) is 4.28. The van der Waals surface area contributed by atoms with Crippen molar-refractivity contribution >= 4 is 0 Å². The van der Waals surface area contributed by atoms with Crippen molar-refractivity contribution in [1.29, 1.82) is 0 Å². The maximum Gasteiger partial charge on any atom is 0.118 e. The Morgan fingerprint density at radius 2 is 2.05 bits per heavy atom. The number of methoxy groups -OCH3 is 1. The molecule has 0 saturated carbocycles. The van der Waals surface area contributed by atoms with Crippen molar-refractivity contribution in [3.8, 4) is 18.1 Å². The van der Waals surface area contributed by atoms with Crippen LogP contribution in [0.25, 0.3) is 0 Å². The first-order valence-electron chi connectivity index (χ1n) is 7.10. The monoisotopic (exact) mass is 257 g/mol. The molecule has 0 bridgehead atoms. The Bertz CT molecular complexity index is 432. The molecular weight excluding hydrogens is 234 g/mol. The lowest BCUT2D eigenvalue weighted by Crippen LogP contribution is -2.42. The third-order valence-corrected chi connectivity index (χ3v) is 4.07. The predicted molar refractivity (Wildman–Crippen MR) is 79.0 cm³/mol. The lowest BCUT2D eigenvalue weighted by Gasteiger charge is -2.37. The molecule has 1 aromatic carbocycles. The van der Waals surface area contributed by atoms with Gasteiger partial charge in [0, 0.05) is 25.0 Å². The van der Waals surface area contributed by atoms with Crippen LogP contribution < -0.4 is 4.74 Å². The summed E-state index contributed by atoms with van der Waals surface area (Å²) in [5, 5.41) is 0. The largest absolute Gasteiger partial charge is 0.497 e. The van der Waals surface area contributed by atoms with Crippen LogP contribution in [0, 0.1) is 18.3 Å². The van der Waals surface area contributed by atoms with Gasteiger partial charge in [-0.25, -0.2) is 0 Å². The number of piperidine rings is 1. The standard InChI is InChI=1S/C17H23NO/c1-4-14-6-9-16(5-2)18(12-14)13-15-7-10-17(19-3)11-8-15/h1,7-8,10-11,14,16H,5-6,9,12-13H2,2-3H3/t14-,16-/m1/s1. The van der Waals surface area contributed by atoms with E-state index in [0.717, 1.165) is 18.8 Å². The minimum absolute atomic E-state index is 0.418. The molecule has 0 unspecified atom stereocenters. The Kier molecular flexibility index (Phi) is 4.87. The first-order valence-corrected chi connectivity index (χ1v) is 7.10. The molecule has 2 nitrogen and oxygen atoms in total. The summed E-state index contributed by atoms with van der Waals surface area (Å²) in [5.41, 5.74) is 1.33. The highest BCUT2D eigenvalue weighted by Crippen LogP contribution is 2.25. The van der Waals surface area contributed by atoms with Gasteiger partial charge in [-0.1, -0.05) is 19.1 Å². The second-order valence-corrected chi connectivity index (χ2v) is 5.28. The maximum atomic E-state index is 5.59. The van der Waals surface area contributed by atoms with Crippen molar-refractivity contribution in [2.75, 3.05) is 13.7 Å².